The lowest BCUT2D eigenvalue weighted by Gasteiger charge is -2.04. The topological polar surface area (TPSA) is 118 Å². The molecule has 2 rings (SSSR count). The molecule has 0 aliphatic carbocycles. The third-order valence-corrected chi connectivity index (χ3v) is 4.06. The third kappa shape index (κ3) is 3.39. The van der Waals surface area contributed by atoms with E-state index in [2.05, 4.69) is 14.9 Å². The van der Waals surface area contributed by atoms with Crippen molar-refractivity contribution in [2.45, 2.75) is 11.3 Å². The van der Waals surface area contributed by atoms with Crippen LogP contribution in [0.1, 0.15) is 5.56 Å². The fourth-order valence-electron chi connectivity index (χ4n) is 1.58. The molecular formula is C11H12N4O4S. The first kappa shape index (κ1) is 14.2. The Morgan fingerprint density at radius 1 is 1.30 bits per heavy atom. The van der Waals surface area contributed by atoms with Gasteiger partial charge in [0.15, 0.2) is 0 Å². The molecular weight excluding hydrogens is 284 g/mol. The number of H-pyrrole nitrogens is 1. The van der Waals surface area contributed by atoms with E-state index in [-0.39, 0.29) is 17.1 Å². The Balaban J connectivity index is 1.92. The summed E-state index contributed by atoms with van der Waals surface area (Å²) in [6.07, 6.45) is 2.94. The lowest BCUT2D eigenvalue weighted by molar-refractivity contribution is -0.384. The highest BCUT2D eigenvalue weighted by Gasteiger charge is 2.14. The maximum Gasteiger partial charge on any atom is 0.269 e. The Morgan fingerprint density at radius 3 is 2.55 bits per heavy atom. The number of benzene rings is 1. The molecule has 0 aliphatic heterocycles. The molecule has 2 aromatic rings. The van der Waals surface area contributed by atoms with Crippen LogP contribution in [0.2, 0.25) is 0 Å². The van der Waals surface area contributed by atoms with E-state index in [0.717, 1.165) is 5.56 Å². The van der Waals surface area contributed by atoms with E-state index in [0.29, 0.717) is 6.42 Å². The lowest BCUT2D eigenvalue weighted by atomic mass is 10.1. The van der Waals surface area contributed by atoms with Gasteiger partial charge in [-0.3, -0.25) is 15.2 Å². The van der Waals surface area contributed by atoms with Crippen molar-refractivity contribution in [2.24, 2.45) is 0 Å². The van der Waals surface area contributed by atoms with Crippen LogP contribution >= 0.6 is 0 Å². The van der Waals surface area contributed by atoms with Crippen LogP contribution in [0.3, 0.4) is 0 Å². The van der Waals surface area contributed by atoms with Gasteiger partial charge in [0.05, 0.1) is 11.1 Å². The Bertz CT molecular complexity index is 680. The van der Waals surface area contributed by atoms with Crippen LogP contribution in [0.15, 0.2) is 41.6 Å². The zero-order chi connectivity index (χ0) is 14.6. The van der Waals surface area contributed by atoms with Crippen molar-refractivity contribution in [3.05, 3.63) is 52.3 Å². The van der Waals surface area contributed by atoms with Gasteiger partial charge in [0.1, 0.15) is 4.90 Å². The first-order chi connectivity index (χ1) is 9.49. The number of non-ortho nitro benzene ring substituents is 1. The molecule has 20 heavy (non-hydrogen) atoms. The van der Waals surface area contributed by atoms with Crippen LogP contribution in [-0.4, -0.2) is 30.1 Å². The van der Waals surface area contributed by atoms with Crippen LogP contribution in [0.25, 0.3) is 0 Å². The molecule has 0 spiro atoms. The monoisotopic (exact) mass is 296 g/mol. The highest BCUT2D eigenvalue weighted by Crippen LogP contribution is 2.12. The van der Waals surface area contributed by atoms with Crippen molar-refractivity contribution in [1.82, 2.24) is 14.9 Å². The Labute approximate surface area is 115 Å². The van der Waals surface area contributed by atoms with Crippen molar-refractivity contribution < 1.29 is 13.3 Å². The summed E-state index contributed by atoms with van der Waals surface area (Å²) in [6, 6.07) is 5.98. The number of sulfonamides is 1. The molecule has 8 nitrogen and oxygen atoms in total. The van der Waals surface area contributed by atoms with Gasteiger partial charge in [-0.05, 0) is 12.0 Å². The maximum absolute atomic E-state index is 11.8. The molecule has 0 aliphatic rings. The predicted octanol–water partition coefficient (Wildman–Crippen LogP) is 0.839. The van der Waals surface area contributed by atoms with Crippen molar-refractivity contribution >= 4 is 15.7 Å². The van der Waals surface area contributed by atoms with Crippen molar-refractivity contribution in [2.75, 3.05) is 6.54 Å². The number of nitro groups is 1. The number of nitrogens with one attached hydrogen (secondary N) is 2. The van der Waals surface area contributed by atoms with Crippen molar-refractivity contribution in [1.29, 1.82) is 0 Å². The van der Waals surface area contributed by atoms with Gasteiger partial charge in [-0.2, -0.15) is 5.10 Å². The summed E-state index contributed by atoms with van der Waals surface area (Å²) in [7, 11) is -3.56. The zero-order valence-electron chi connectivity index (χ0n) is 10.3. The fraction of sp³-hybridized carbons (Fsp3) is 0.182. The van der Waals surface area contributed by atoms with E-state index in [4.69, 9.17) is 0 Å². The summed E-state index contributed by atoms with van der Waals surface area (Å²) in [4.78, 5) is 10.1. The number of aromatic amines is 1. The molecule has 0 unspecified atom stereocenters. The summed E-state index contributed by atoms with van der Waals surface area (Å²) >= 11 is 0. The van der Waals surface area contributed by atoms with Crippen LogP contribution in [0, 0.1) is 10.1 Å². The summed E-state index contributed by atoms with van der Waals surface area (Å²) in [5.41, 5.74) is 0.818. The SMILES string of the molecule is O=[N+]([O-])c1ccc(CCNS(=O)(=O)c2cn[nH]c2)cc1. The van der Waals surface area contributed by atoms with E-state index >= 15 is 0 Å². The molecule has 9 heteroatoms. The normalized spacial score (nSPS) is 11.4. The zero-order valence-corrected chi connectivity index (χ0v) is 11.1. The molecule has 1 heterocycles. The molecule has 1 aromatic carbocycles. The fourth-order valence-corrected chi connectivity index (χ4v) is 2.52. The average Bonchev–Trinajstić information content (AvgIpc) is 2.94. The molecule has 0 saturated heterocycles. The third-order valence-electron chi connectivity index (χ3n) is 2.64. The van der Waals surface area contributed by atoms with Gasteiger partial charge in [0, 0.05) is 24.9 Å². The molecule has 0 radical (unpaired) electrons. The quantitative estimate of drug-likeness (QED) is 0.605. The van der Waals surface area contributed by atoms with Crippen molar-refractivity contribution in [3.63, 3.8) is 0 Å². The largest absolute Gasteiger partial charge is 0.284 e. The second-order valence-electron chi connectivity index (χ2n) is 4.01. The summed E-state index contributed by atoms with van der Waals surface area (Å²) in [5, 5.41) is 16.5. The second kappa shape index (κ2) is 5.80. The van der Waals surface area contributed by atoms with Crippen LogP contribution in [0.5, 0.6) is 0 Å². The molecule has 2 N–H and O–H groups in total. The number of aromatic nitrogens is 2. The van der Waals surface area contributed by atoms with Gasteiger partial charge in [-0.25, -0.2) is 13.1 Å². The minimum Gasteiger partial charge on any atom is -0.284 e. The average molecular weight is 296 g/mol. The predicted molar refractivity (Wildman–Crippen MR) is 70.6 cm³/mol. The van der Waals surface area contributed by atoms with E-state index in [1.807, 2.05) is 0 Å². The van der Waals surface area contributed by atoms with Crippen molar-refractivity contribution in [3.8, 4) is 0 Å². The number of nitro benzene ring substituents is 1. The highest BCUT2D eigenvalue weighted by molar-refractivity contribution is 7.89. The number of nitrogens with zero attached hydrogens (tertiary/aromatic N) is 2. The van der Waals surface area contributed by atoms with Gasteiger partial charge < -0.3 is 0 Å². The summed E-state index contributed by atoms with van der Waals surface area (Å²) in [6.45, 7) is 0.200. The first-order valence-corrected chi connectivity index (χ1v) is 7.19. The van der Waals surface area contributed by atoms with E-state index in [1.165, 1.54) is 24.5 Å². The van der Waals surface area contributed by atoms with Crippen LogP contribution < -0.4 is 4.72 Å². The Kier molecular flexibility index (Phi) is 4.11. The molecule has 0 fully saturated rings. The molecule has 0 amide bonds. The number of hydrogen-bond donors (Lipinski definition) is 2. The number of hydrogen-bond acceptors (Lipinski definition) is 5. The first-order valence-electron chi connectivity index (χ1n) is 5.71. The van der Waals surface area contributed by atoms with E-state index in [1.54, 1.807) is 12.1 Å². The molecule has 1 aromatic heterocycles. The Hall–Kier alpha value is -2.26. The maximum atomic E-state index is 11.8. The van der Waals surface area contributed by atoms with E-state index < -0.39 is 14.9 Å². The van der Waals surface area contributed by atoms with Gasteiger partial charge in [0.25, 0.3) is 5.69 Å². The van der Waals surface area contributed by atoms with Crippen LogP contribution in [0.4, 0.5) is 5.69 Å². The van der Waals surface area contributed by atoms with Gasteiger partial charge in [-0.1, -0.05) is 12.1 Å². The highest BCUT2D eigenvalue weighted by atomic mass is 32.2. The second-order valence-corrected chi connectivity index (χ2v) is 5.77. The summed E-state index contributed by atoms with van der Waals surface area (Å²) in [5.74, 6) is 0. The molecule has 0 atom stereocenters. The molecule has 106 valence electrons. The van der Waals surface area contributed by atoms with E-state index in [9.17, 15) is 18.5 Å². The smallest absolute Gasteiger partial charge is 0.269 e. The van der Waals surface area contributed by atoms with Gasteiger partial charge in [-0.15, -0.1) is 0 Å². The lowest BCUT2D eigenvalue weighted by Crippen LogP contribution is -2.25. The molecule has 0 saturated carbocycles. The number of rotatable bonds is 6. The van der Waals surface area contributed by atoms with Gasteiger partial charge >= 0.3 is 0 Å². The minimum absolute atomic E-state index is 0.00716. The Morgan fingerprint density at radius 2 is 2.00 bits per heavy atom. The van der Waals surface area contributed by atoms with Gasteiger partial charge in [0.2, 0.25) is 10.0 Å². The molecule has 0 bridgehead atoms. The minimum atomic E-state index is -3.56. The standard InChI is InChI=1S/C11H12N4O4S/c16-15(17)10-3-1-9(2-4-10)5-6-14-20(18,19)11-7-12-13-8-11/h1-4,7-8,14H,5-6H2,(H,12,13). The summed E-state index contributed by atoms with van der Waals surface area (Å²) < 4.78 is 26.0. The van der Waals surface area contributed by atoms with Crippen LogP contribution in [-0.2, 0) is 16.4 Å².